The van der Waals surface area contributed by atoms with E-state index in [1.54, 1.807) is 11.1 Å². The first kappa shape index (κ1) is 23.6. The molecule has 3 rings (SSSR count). The topological polar surface area (TPSA) is 102 Å². The molecule has 1 aromatic heterocycles. The van der Waals surface area contributed by atoms with Crippen LogP contribution in [0.3, 0.4) is 0 Å². The molecule has 1 amide bonds. The number of nitriles is 2. The molecule has 0 unspecified atom stereocenters. The quantitative estimate of drug-likeness (QED) is 0.756. The summed E-state index contributed by atoms with van der Waals surface area (Å²) in [5.41, 5.74) is 1.31. The Kier molecular flexibility index (Phi) is 8.20. The number of carbonyl (C=O) groups is 1. The summed E-state index contributed by atoms with van der Waals surface area (Å²) in [6.45, 7) is 10.7. The van der Waals surface area contributed by atoms with E-state index >= 15 is 0 Å². The van der Waals surface area contributed by atoms with Gasteiger partial charge in [-0.3, -0.25) is 4.98 Å². The molecule has 0 aromatic carbocycles. The molecule has 0 bridgehead atoms. The van der Waals surface area contributed by atoms with Gasteiger partial charge in [-0.2, -0.15) is 10.5 Å². The number of hydrogen-bond donors (Lipinski definition) is 1. The van der Waals surface area contributed by atoms with Crippen LogP contribution in [-0.4, -0.2) is 47.8 Å². The number of aryl methyl sites for hydroxylation is 1. The maximum atomic E-state index is 11.6. The van der Waals surface area contributed by atoms with Crippen LogP contribution in [0.5, 0.6) is 0 Å². The highest BCUT2D eigenvalue weighted by atomic mass is 16.6. The van der Waals surface area contributed by atoms with Crippen molar-refractivity contribution >= 4 is 6.09 Å². The van der Waals surface area contributed by atoms with Crippen molar-refractivity contribution in [3.8, 4) is 12.1 Å². The van der Waals surface area contributed by atoms with Gasteiger partial charge in [-0.15, -0.1) is 0 Å². The molecule has 2 fully saturated rings. The summed E-state index contributed by atoms with van der Waals surface area (Å²) < 4.78 is 5.25. The molecule has 0 spiro atoms. The molecule has 3 heterocycles. The first-order valence-corrected chi connectivity index (χ1v) is 10.6. The van der Waals surface area contributed by atoms with Crippen molar-refractivity contribution in [1.29, 1.82) is 10.5 Å². The lowest BCUT2D eigenvalue weighted by Crippen LogP contribution is -2.41. The Balaban J connectivity index is 0.000000214. The Morgan fingerprint density at radius 1 is 1.27 bits per heavy atom. The molecule has 1 aromatic rings. The smallest absolute Gasteiger partial charge is 0.410 e. The second-order valence-corrected chi connectivity index (χ2v) is 9.03. The number of carbonyl (C=O) groups excluding carboxylic acids is 1. The fraction of sp³-hybridized carbons (Fsp3) is 0.652. The normalized spacial score (nSPS) is 18.9. The number of piperidine rings is 2. The summed E-state index contributed by atoms with van der Waals surface area (Å²) in [5.74, 6) is 0.101. The third kappa shape index (κ3) is 6.71. The molecule has 0 radical (unpaired) electrons. The summed E-state index contributed by atoms with van der Waals surface area (Å²) in [6.07, 6.45) is 4.77. The van der Waals surface area contributed by atoms with Gasteiger partial charge in [0, 0.05) is 25.2 Å². The minimum atomic E-state index is -0.441. The number of rotatable bonds is 1. The summed E-state index contributed by atoms with van der Waals surface area (Å²) >= 11 is 0. The molecule has 0 saturated carbocycles. The molecule has 0 aliphatic carbocycles. The van der Waals surface area contributed by atoms with E-state index in [-0.39, 0.29) is 17.4 Å². The summed E-state index contributed by atoms with van der Waals surface area (Å²) in [6, 6.07) is 8.70. The minimum absolute atomic E-state index is 0.101. The Labute approximate surface area is 180 Å². The Hall–Kier alpha value is -2.64. The summed E-state index contributed by atoms with van der Waals surface area (Å²) in [5, 5.41) is 21.4. The monoisotopic (exact) mass is 411 g/mol. The van der Waals surface area contributed by atoms with Crippen LogP contribution in [-0.2, 0) is 10.2 Å². The maximum Gasteiger partial charge on any atom is 0.410 e. The average molecular weight is 412 g/mol. The molecule has 2 aliphatic heterocycles. The largest absolute Gasteiger partial charge is 0.444 e. The van der Waals surface area contributed by atoms with Gasteiger partial charge in [0.1, 0.15) is 11.0 Å². The van der Waals surface area contributed by atoms with Gasteiger partial charge in [-0.25, -0.2) is 4.79 Å². The van der Waals surface area contributed by atoms with Crippen LogP contribution in [0.15, 0.2) is 18.3 Å². The van der Waals surface area contributed by atoms with Gasteiger partial charge >= 0.3 is 6.09 Å². The van der Waals surface area contributed by atoms with Gasteiger partial charge in [-0.1, -0.05) is 0 Å². The molecule has 7 heteroatoms. The summed E-state index contributed by atoms with van der Waals surface area (Å²) in [4.78, 5) is 17.7. The van der Waals surface area contributed by atoms with Crippen molar-refractivity contribution < 1.29 is 9.53 Å². The van der Waals surface area contributed by atoms with Crippen LogP contribution in [0, 0.1) is 35.5 Å². The van der Waals surface area contributed by atoms with E-state index in [4.69, 9.17) is 10.00 Å². The number of amides is 1. The van der Waals surface area contributed by atoms with E-state index in [0.717, 1.165) is 44.5 Å². The van der Waals surface area contributed by atoms with E-state index in [0.29, 0.717) is 13.1 Å². The number of aromatic nitrogens is 1. The zero-order chi connectivity index (χ0) is 22.2. The second kappa shape index (κ2) is 10.4. The fourth-order valence-corrected chi connectivity index (χ4v) is 3.59. The van der Waals surface area contributed by atoms with Crippen LogP contribution in [0.2, 0.25) is 0 Å². The van der Waals surface area contributed by atoms with Crippen LogP contribution in [0.1, 0.15) is 57.7 Å². The number of nitrogens with one attached hydrogen (secondary N) is 1. The average Bonchev–Trinajstić information content (AvgIpc) is 2.73. The molecule has 162 valence electrons. The lowest BCUT2D eigenvalue weighted by molar-refractivity contribution is 0.0199. The van der Waals surface area contributed by atoms with Crippen LogP contribution in [0.4, 0.5) is 4.79 Å². The molecule has 1 N–H and O–H groups in total. The highest BCUT2D eigenvalue weighted by Gasteiger charge is 2.35. The molecule has 30 heavy (non-hydrogen) atoms. The second-order valence-electron chi connectivity index (χ2n) is 9.03. The standard InChI is InChI=1S/C12H15N3.C11H18N2O2/c1-10-2-5-15-11(8-10)12(9-13)3-6-14-7-4-12;1-11(2,3)15-10(14)13-6-4-9(8-12)5-7-13/h2,5,8,14H,3-4,6-7H2,1H3;9H,4-7H2,1-3H3. The lowest BCUT2D eigenvalue weighted by Gasteiger charge is -2.31. The molecular formula is C23H33N5O2. The molecule has 2 aliphatic rings. The van der Waals surface area contributed by atoms with Crippen LogP contribution < -0.4 is 5.32 Å². The number of pyridine rings is 1. The van der Waals surface area contributed by atoms with Crippen molar-refractivity contribution in [2.24, 2.45) is 5.92 Å². The zero-order valence-corrected chi connectivity index (χ0v) is 18.6. The highest BCUT2D eigenvalue weighted by Crippen LogP contribution is 2.31. The first-order valence-electron chi connectivity index (χ1n) is 10.6. The number of hydrogen-bond acceptors (Lipinski definition) is 6. The third-order valence-corrected chi connectivity index (χ3v) is 5.41. The number of nitrogens with zero attached hydrogens (tertiary/aromatic N) is 4. The highest BCUT2D eigenvalue weighted by molar-refractivity contribution is 5.68. The maximum absolute atomic E-state index is 11.6. The fourth-order valence-electron chi connectivity index (χ4n) is 3.59. The lowest BCUT2D eigenvalue weighted by atomic mass is 9.77. The van der Waals surface area contributed by atoms with Gasteiger partial charge in [0.05, 0.1) is 17.8 Å². The molecular weight excluding hydrogens is 378 g/mol. The van der Waals surface area contributed by atoms with Crippen LogP contribution >= 0.6 is 0 Å². The number of ether oxygens (including phenoxy) is 1. The van der Waals surface area contributed by atoms with E-state index in [9.17, 15) is 10.1 Å². The zero-order valence-electron chi connectivity index (χ0n) is 18.6. The molecule has 7 nitrogen and oxygen atoms in total. The van der Waals surface area contributed by atoms with Crippen molar-refractivity contribution in [3.63, 3.8) is 0 Å². The van der Waals surface area contributed by atoms with Gasteiger partial charge in [0.2, 0.25) is 0 Å². The Bertz CT molecular complexity index is 789. The predicted octanol–water partition coefficient (Wildman–Crippen LogP) is 3.69. The van der Waals surface area contributed by atoms with Crippen molar-refractivity contribution in [2.75, 3.05) is 26.2 Å². The molecule has 2 saturated heterocycles. The van der Waals surface area contributed by atoms with Crippen molar-refractivity contribution in [2.45, 2.75) is 64.4 Å². The van der Waals surface area contributed by atoms with E-state index in [1.165, 1.54) is 5.56 Å². The van der Waals surface area contributed by atoms with Gasteiger partial charge in [0.15, 0.2) is 0 Å². The van der Waals surface area contributed by atoms with E-state index in [2.05, 4.69) is 22.4 Å². The SMILES string of the molecule is CC(C)(C)OC(=O)N1CCC(C#N)CC1.Cc1ccnc(C2(C#N)CCNCC2)c1. The van der Waals surface area contributed by atoms with E-state index in [1.807, 2.05) is 39.8 Å². The van der Waals surface area contributed by atoms with Gasteiger partial charge in [-0.05, 0) is 84.2 Å². The summed E-state index contributed by atoms with van der Waals surface area (Å²) in [7, 11) is 0. The Morgan fingerprint density at radius 2 is 1.90 bits per heavy atom. The third-order valence-electron chi connectivity index (χ3n) is 5.41. The van der Waals surface area contributed by atoms with Crippen molar-refractivity contribution in [1.82, 2.24) is 15.2 Å². The predicted molar refractivity (Wildman–Crippen MR) is 115 cm³/mol. The molecule has 0 atom stereocenters. The van der Waals surface area contributed by atoms with Crippen molar-refractivity contribution in [3.05, 3.63) is 29.6 Å². The van der Waals surface area contributed by atoms with Gasteiger partial charge < -0.3 is 15.0 Å². The Morgan fingerprint density at radius 3 is 2.40 bits per heavy atom. The van der Waals surface area contributed by atoms with Crippen LogP contribution in [0.25, 0.3) is 0 Å². The van der Waals surface area contributed by atoms with Gasteiger partial charge in [0.25, 0.3) is 0 Å². The minimum Gasteiger partial charge on any atom is -0.444 e. The van der Waals surface area contributed by atoms with E-state index < -0.39 is 5.60 Å². The first-order chi connectivity index (χ1) is 14.2. The number of likely N-dealkylation sites (tertiary alicyclic amines) is 1.